The molecule has 0 spiro atoms. The van der Waals surface area contributed by atoms with E-state index >= 15 is 0 Å². The first-order chi connectivity index (χ1) is 7.50. The number of hydrogen-bond donors (Lipinski definition) is 7. The molecule has 11 heteroatoms. The van der Waals surface area contributed by atoms with Crippen LogP contribution in [-0.2, 0) is 11.5 Å². The van der Waals surface area contributed by atoms with Gasteiger partial charge in [-0.1, -0.05) is 0 Å². The van der Waals surface area contributed by atoms with Crippen LogP contribution in [0.15, 0.2) is 0 Å². The molecule has 10 nitrogen and oxygen atoms in total. The van der Waals surface area contributed by atoms with Crippen LogP contribution in [0.4, 0.5) is 0 Å². The Balaban J connectivity index is 3.12. The Morgan fingerprint density at radius 1 is 0.882 bits per heavy atom. The van der Waals surface area contributed by atoms with Gasteiger partial charge in [-0.3, -0.25) is 0 Å². The number of rotatable bonds is 2. The van der Waals surface area contributed by atoms with Crippen molar-refractivity contribution >= 4 is 13.4 Å². The molecule has 17 heavy (non-hydrogen) atoms. The van der Waals surface area contributed by atoms with Crippen LogP contribution in [0.25, 0.3) is 0 Å². The molecule has 0 aromatic rings. The Kier molecular flexibility index (Phi) is 3.91. The van der Waals surface area contributed by atoms with Crippen LogP contribution in [0.5, 0.6) is 0 Å². The molecular weight excluding hydrogens is 311 g/mol. The first-order valence-corrected chi connectivity index (χ1v) is 7.18. The van der Waals surface area contributed by atoms with Gasteiger partial charge in [-0.25, -0.2) is 0 Å². The van der Waals surface area contributed by atoms with Gasteiger partial charge in [-0.15, -0.1) is 0 Å². The van der Waals surface area contributed by atoms with Crippen LogP contribution in [0, 0.1) is 0 Å². The van der Waals surface area contributed by atoms with Crippen molar-refractivity contribution < 1.29 is 46.3 Å². The average Bonchev–Trinajstić information content (AvgIpc) is 2.19. The average molecular weight is 323 g/mol. The monoisotopic (exact) mass is 324 g/mol. The molecular formula is C6H12O10Se. The molecule has 0 heterocycles. The van der Waals surface area contributed by atoms with E-state index in [1.807, 2.05) is 0 Å². The summed E-state index contributed by atoms with van der Waals surface area (Å²) in [4.78, 5) is 0. The maximum absolute atomic E-state index is 10.5. The van der Waals surface area contributed by atoms with E-state index in [9.17, 15) is 33.2 Å². The molecule has 0 saturated heterocycles. The first kappa shape index (κ1) is 14.9. The van der Waals surface area contributed by atoms with Crippen molar-refractivity contribution in [3.8, 4) is 0 Å². The molecule has 0 aromatic heterocycles. The third-order valence-electron chi connectivity index (χ3n) is 2.43. The Morgan fingerprint density at radius 2 is 1.24 bits per heavy atom. The van der Waals surface area contributed by atoms with Crippen molar-refractivity contribution in [3.05, 3.63) is 0 Å². The van der Waals surface area contributed by atoms with Gasteiger partial charge in [0.05, 0.1) is 0 Å². The van der Waals surface area contributed by atoms with E-state index in [-0.39, 0.29) is 0 Å². The van der Waals surface area contributed by atoms with Crippen LogP contribution < -0.4 is 0 Å². The predicted molar refractivity (Wildman–Crippen MR) is 45.4 cm³/mol. The Morgan fingerprint density at radius 3 is 1.53 bits per heavy atom. The van der Waals surface area contributed by atoms with Crippen molar-refractivity contribution in [1.29, 1.82) is 0 Å². The molecule has 0 bridgehead atoms. The molecule has 0 aromatic carbocycles. The van der Waals surface area contributed by atoms with E-state index in [0.717, 1.165) is 0 Å². The molecule has 0 amide bonds. The third-order valence-corrected chi connectivity index (χ3v) is 3.44. The second-order valence-corrected chi connectivity index (χ2v) is 5.77. The van der Waals surface area contributed by atoms with Gasteiger partial charge in [0.15, 0.2) is 0 Å². The topological polar surface area (TPSA) is 185 Å². The van der Waals surface area contributed by atoms with Crippen molar-refractivity contribution in [2.24, 2.45) is 0 Å². The summed E-state index contributed by atoms with van der Waals surface area (Å²) in [5.74, 6) is -3.35. The van der Waals surface area contributed by atoms with Crippen molar-refractivity contribution in [2.75, 3.05) is 0 Å². The fourth-order valence-electron chi connectivity index (χ4n) is 1.51. The van der Waals surface area contributed by atoms with Gasteiger partial charge in [0.2, 0.25) is 0 Å². The molecule has 6 atom stereocenters. The Hall–Kier alpha value is -0.201. The van der Waals surface area contributed by atoms with Crippen molar-refractivity contribution in [2.45, 2.75) is 36.3 Å². The van der Waals surface area contributed by atoms with E-state index in [4.69, 9.17) is 9.30 Å². The first-order valence-electron chi connectivity index (χ1n) is 4.31. The van der Waals surface area contributed by atoms with E-state index in [2.05, 4.69) is 3.82 Å². The van der Waals surface area contributed by atoms with Crippen molar-refractivity contribution in [3.63, 3.8) is 0 Å². The number of hydrogen-bond acceptors (Lipinski definition) is 9. The van der Waals surface area contributed by atoms with Crippen molar-refractivity contribution in [1.82, 2.24) is 0 Å². The zero-order valence-electron chi connectivity index (χ0n) is 8.15. The van der Waals surface area contributed by atoms with Crippen LogP contribution in [-0.4, -0.2) is 84.5 Å². The number of aliphatic hydroxyl groups excluding tert-OH is 5. The fourth-order valence-corrected chi connectivity index (χ4v) is 2.63. The summed E-state index contributed by atoms with van der Waals surface area (Å²) in [6.07, 6.45) is -11.3. The molecule has 7 N–H and O–H groups in total. The zero-order valence-corrected chi connectivity index (χ0v) is 9.86. The predicted octanol–water partition coefficient (Wildman–Crippen LogP) is -5.20. The Labute approximate surface area is 96.6 Å². The summed E-state index contributed by atoms with van der Waals surface area (Å²) < 4.78 is 33.1. The fraction of sp³-hybridized carbons (Fsp3) is 1.00. The second-order valence-electron chi connectivity index (χ2n) is 3.62. The molecule has 0 aliphatic heterocycles. The van der Waals surface area contributed by atoms with E-state index in [1.54, 1.807) is 0 Å². The molecule has 1 saturated carbocycles. The minimum atomic E-state index is -6.03. The summed E-state index contributed by atoms with van der Waals surface area (Å²) in [6.45, 7) is 0. The van der Waals surface area contributed by atoms with Gasteiger partial charge in [-0.05, 0) is 0 Å². The van der Waals surface area contributed by atoms with Gasteiger partial charge >= 0.3 is 96.0 Å². The van der Waals surface area contributed by atoms with Gasteiger partial charge in [0, 0.05) is 0 Å². The molecule has 0 unspecified atom stereocenters. The molecule has 102 valence electrons. The zero-order chi connectivity index (χ0) is 13.6. The van der Waals surface area contributed by atoms with Crippen LogP contribution >= 0.6 is 0 Å². The quantitative estimate of drug-likeness (QED) is 0.191. The maximum atomic E-state index is 10.5. The van der Waals surface area contributed by atoms with E-state index in [0.29, 0.717) is 0 Å². The second kappa shape index (κ2) is 4.48. The molecule has 1 rings (SSSR count). The molecule has 0 radical (unpaired) electrons. The van der Waals surface area contributed by atoms with Crippen LogP contribution in [0.2, 0.25) is 0 Å². The van der Waals surface area contributed by atoms with Gasteiger partial charge in [0.25, 0.3) is 0 Å². The van der Waals surface area contributed by atoms with Gasteiger partial charge < -0.3 is 0 Å². The SMILES string of the molecule is O=[Se](=O)(O)O[C@]1(O)[C@H](O)[C@H](O)[C@@H](O)[C@H](O)[C@H]1O. The van der Waals surface area contributed by atoms with E-state index < -0.39 is 49.7 Å². The number of aliphatic hydroxyl groups is 6. The Bertz CT molecular complexity index is 362. The van der Waals surface area contributed by atoms with Crippen LogP contribution in [0.3, 0.4) is 0 Å². The van der Waals surface area contributed by atoms with Gasteiger partial charge in [-0.2, -0.15) is 0 Å². The van der Waals surface area contributed by atoms with E-state index in [1.165, 1.54) is 0 Å². The molecule has 1 aliphatic carbocycles. The standard InChI is InChI=1S/C6H12O10Se/c7-1-2(8)4(10)6(12,5(11)3(1)9)16-17(13,14)15/h1-5,7-12H,(H,13,14,15)/t1-,2-,3+,4-,5-,6-/m1/s1. The minimum absolute atomic E-state index is 2.03. The summed E-state index contributed by atoms with van der Waals surface area (Å²) in [5.41, 5.74) is 0. The van der Waals surface area contributed by atoms with Gasteiger partial charge in [0.1, 0.15) is 0 Å². The van der Waals surface area contributed by atoms with Crippen LogP contribution in [0.1, 0.15) is 0 Å². The third kappa shape index (κ3) is 2.63. The molecule has 1 aliphatic rings. The summed E-state index contributed by atoms with van der Waals surface area (Å²) >= 11 is -6.03. The summed E-state index contributed by atoms with van der Waals surface area (Å²) in [6, 6.07) is 0. The summed E-state index contributed by atoms with van der Waals surface area (Å²) in [5, 5.41) is 55.6. The summed E-state index contributed by atoms with van der Waals surface area (Å²) in [7, 11) is 0. The normalized spacial score (nSPS) is 48.1. The molecule has 1 fully saturated rings.